The van der Waals surface area contributed by atoms with Crippen molar-refractivity contribution < 1.29 is 5.11 Å². The zero-order valence-electron chi connectivity index (χ0n) is 8.85. The van der Waals surface area contributed by atoms with E-state index >= 15 is 0 Å². The van der Waals surface area contributed by atoms with E-state index in [0.29, 0.717) is 0 Å². The van der Waals surface area contributed by atoms with Crippen molar-refractivity contribution >= 4 is 0 Å². The summed E-state index contributed by atoms with van der Waals surface area (Å²) in [6.45, 7) is 8.30. The maximum atomic E-state index is 9.21. The number of hydrogen-bond donors (Lipinski definition) is 2. The Labute approximate surface area is 76.4 Å². The van der Waals surface area contributed by atoms with Gasteiger partial charge in [-0.15, -0.1) is 0 Å². The lowest BCUT2D eigenvalue weighted by atomic mass is 9.92. The Morgan fingerprint density at radius 2 is 2.00 bits per heavy atom. The third-order valence-electron chi connectivity index (χ3n) is 2.42. The molecule has 0 bridgehead atoms. The van der Waals surface area contributed by atoms with Crippen LogP contribution in [0.4, 0.5) is 0 Å². The van der Waals surface area contributed by atoms with Gasteiger partial charge in [0.25, 0.3) is 0 Å². The zero-order chi connectivity index (χ0) is 9.61. The lowest BCUT2D eigenvalue weighted by Gasteiger charge is -2.31. The second-order valence-electron chi connectivity index (χ2n) is 3.84. The first-order valence-corrected chi connectivity index (χ1v) is 5.00. The van der Waals surface area contributed by atoms with Crippen molar-refractivity contribution in [2.24, 2.45) is 0 Å². The molecule has 12 heavy (non-hydrogen) atoms. The molecule has 0 aliphatic heterocycles. The van der Waals surface area contributed by atoms with Crippen LogP contribution in [0.15, 0.2) is 0 Å². The average Bonchev–Trinajstić information content (AvgIpc) is 2.00. The van der Waals surface area contributed by atoms with Gasteiger partial charge in [-0.3, -0.25) is 5.32 Å². The van der Waals surface area contributed by atoms with Crippen LogP contribution in [0.2, 0.25) is 0 Å². The number of hydrogen-bond acceptors (Lipinski definition) is 2. The van der Waals surface area contributed by atoms with E-state index in [-0.39, 0.29) is 5.54 Å². The van der Waals surface area contributed by atoms with E-state index in [1.165, 1.54) is 12.8 Å². The maximum Gasteiger partial charge on any atom is 0.102 e. The van der Waals surface area contributed by atoms with Gasteiger partial charge in [0.2, 0.25) is 0 Å². The van der Waals surface area contributed by atoms with Gasteiger partial charge in [0.1, 0.15) is 6.23 Å². The molecule has 0 aromatic rings. The molecular formula is C10H23NO. The highest BCUT2D eigenvalue weighted by molar-refractivity contribution is 4.81. The second kappa shape index (κ2) is 5.55. The molecule has 2 unspecified atom stereocenters. The fraction of sp³-hybridized carbons (Fsp3) is 1.00. The highest BCUT2D eigenvalue weighted by atomic mass is 16.3. The minimum absolute atomic E-state index is 0.115. The van der Waals surface area contributed by atoms with Crippen LogP contribution in [-0.4, -0.2) is 16.9 Å². The summed E-state index contributed by atoms with van der Waals surface area (Å²) < 4.78 is 0. The van der Waals surface area contributed by atoms with Crippen LogP contribution < -0.4 is 5.32 Å². The second-order valence-corrected chi connectivity index (χ2v) is 3.84. The summed E-state index contributed by atoms with van der Waals surface area (Å²) in [5.41, 5.74) is 0.115. The molecule has 0 aliphatic carbocycles. The normalized spacial score (nSPS) is 18.8. The van der Waals surface area contributed by atoms with Gasteiger partial charge in [0.15, 0.2) is 0 Å². The molecule has 0 saturated carbocycles. The predicted octanol–water partition coefficient (Wildman–Crippen LogP) is 2.27. The molecule has 0 rings (SSSR count). The molecule has 2 nitrogen and oxygen atoms in total. The first-order valence-electron chi connectivity index (χ1n) is 5.00. The number of nitrogens with one attached hydrogen (secondary N) is 1. The molecule has 0 aromatic carbocycles. The molecule has 0 heterocycles. The Kier molecular flexibility index (Phi) is 5.51. The highest BCUT2D eigenvalue weighted by Gasteiger charge is 2.21. The van der Waals surface area contributed by atoms with Gasteiger partial charge in [-0.25, -0.2) is 0 Å². The van der Waals surface area contributed by atoms with Crippen molar-refractivity contribution in [1.82, 2.24) is 5.32 Å². The Hall–Kier alpha value is -0.0800. The maximum absolute atomic E-state index is 9.21. The van der Waals surface area contributed by atoms with Gasteiger partial charge in [-0.05, 0) is 26.7 Å². The van der Waals surface area contributed by atoms with Crippen LogP contribution in [-0.2, 0) is 0 Å². The summed E-state index contributed by atoms with van der Waals surface area (Å²) in [5.74, 6) is 0. The molecule has 0 fully saturated rings. The molecule has 0 spiro atoms. The molecule has 2 heteroatoms. The summed E-state index contributed by atoms with van der Waals surface area (Å²) in [7, 11) is 0. The van der Waals surface area contributed by atoms with E-state index in [4.69, 9.17) is 0 Å². The summed E-state index contributed by atoms with van der Waals surface area (Å²) in [6, 6.07) is 0. The number of aliphatic hydroxyl groups is 1. The minimum Gasteiger partial charge on any atom is -0.379 e. The summed E-state index contributed by atoms with van der Waals surface area (Å²) in [5, 5.41) is 12.4. The monoisotopic (exact) mass is 173 g/mol. The van der Waals surface area contributed by atoms with Crippen molar-refractivity contribution in [3.63, 3.8) is 0 Å². The minimum atomic E-state index is -0.396. The molecule has 0 aliphatic rings. The van der Waals surface area contributed by atoms with E-state index < -0.39 is 6.23 Å². The fourth-order valence-electron chi connectivity index (χ4n) is 1.42. The van der Waals surface area contributed by atoms with Crippen molar-refractivity contribution in [3.8, 4) is 0 Å². The lowest BCUT2D eigenvalue weighted by Crippen LogP contribution is -2.46. The summed E-state index contributed by atoms with van der Waals surface area (Å²) in [4.78, 5) is 0. The van der Waals surface area contributed by atoms with Crippen molar-refractivity contribution in [2.75, 3.05) is 0 Å². The van der Waals surface area contributed by atoms with E-state index in [1.54, 1.807) is 6.92 Å². The van der Waals surface area contributed by atoms with E-state index in [0.717, 1.165) is 12.8 Å². The largest absolute Gasteiger partial charge is 0.379 e. The first-order chi connectivity index (χ1) is 5.54. The standard InChI is InChI=1S/C10H23NO/c1-5-7-8-10(4,6-2)11-9(3)12/h9,11-12H,5-8H2,1-4H3. The van der Waals surface area contributed by atoms with Gasteiger partial charge in [0.05, 0.1) is 0 Å². The molecule has 0 radical (unpaired) electrons. The van der Waals surface area contributed by atoms with Gasteiger partial charge in [-0.2, -0.15) is 0 Å². The molecule has 74 valence electrons. The summed E-state index contributed by atoms with van der Waals surface area (Å²) >= 11 is 0. The van der Waals surface area contributed by atoms with Gasteiger partial charge in [-0.1, -0.05) is 26.7 Å². The van der Waals surface area contributed by atoms with Crippen molar-refractivity contribution in [1.29, 1.82) is 0 Å². The SMILES string of the molecule is CCCCC(C)(CC)NC(C)O. The molecule has 2 N–H and O–H groups in total. The Bertz CT molecular complexity index is 114. The van der Waals surface area contributed by atoms with Gasteiger partial charge < -0.3 is 5.11 Å². The molecule has 0 saturated heterocycles. The number of rotatable bonds is 6. The predicted molar refractivity (Wildman–Crippen MR) is 53.0 cm³/mol. The fourth-order valence-corrected chi connectivity index (χ4v) is 1.42. The first kappa shape index (κ1) is 11.9. The van der Waals surface area contributed by atoms with Crippen LogP contribution in [0.5, 0.6) is 0 Å². The van der Waals surface area contributed by atoms with Crippen LogP contribution >= 0.6 is 0 Å². The smallest absolute Gasteiger partial charge is 0.102 e. The Morgan fingerprint density at radius 1 is 1.42 bits per heavy atom. The molecule has 0 amide bonds. The zero-order valence-corrected chi connectivity index (χ0v) is 8.85. The van der Waals surface area contributed by atoms with Crippen LogP contribution in [0, 0.1) is 0 Å². The topological polar surface area (TPSA) is 32.3 Å². The van der Waals surface area contributed by atoms with E-state index in [2.05, 4.69) is 26.1 Å². The van der Waals surface area contributed by atoms with Crippen LogP contribution in [0.25, 0.3) is 0 Å². The van der Waals surface area contributed by atoms with Crippen molar-refractivity contribution in [3.05, 3.63) is 0 Å². The van der Waals surface area contributed by atoms with Crippen LogP contribution in [0.3, 0.4) is 0 Å². The average molecular weight is 173 g/mol. The van der Waals surface area contributed by atoms with E-state index in [1.807, 2.05) is 0 Å². The molecular weight excluding hydrogens is 150 g/mol. The summed E-state index contributed by atoms with van der Waals surface area (Å²) in [6.07, 6.45) is 4.26. The van der Waals surface area contributed by atoms with Crippen LogP contribution in [0.1, 0.15) is 53.4 Å². The van der Waals surface area contributed by atoms with Gasteiger partial charge >= 0.3 is 0 Å². The number of aliphatic hydroxyl groups excluding tert-OH is 1. The molecule has 2 atom stereocenters. The third kappa shape index (κ3) is 4.73. The molecule has 0 aromatic heterocycles. The third-order valence-corrected chi connectivity index (χ3v) is 2.42. The highest BCUT2D eigenvalue weighted by Crippen LogP contribution is 2.17. The van der Waals surface area contributed by atoms with Crippen molar-refractivity contribution in [2.45, 2.75) is 65.1 Å². The Morgan fingerprint density at radius 3 is 2.33 bits per heavy atom. The Balaban J connectivity index is 3.86. The quantitative estimate of drug-likeness (QED) is 0.604. The van der Waals surface area contributed by atoms with E-state index in [9.17, 15) is 5.11 Å². The van der Waals surface area contributed by atoms with Gasteiger partial charge in [0, 0.05) is 5.54 Å². The lowest BCUT2D eigenvalue weighted by molar-refractivity contribution is 0.105. The number of unbranched alkanes of at least 4 members (excludes halogenated alkanes) is 1.